The number of carboxylic acids is 2. The summed E-state index contributed by atoms with van der Waals surface area (Å²) in [5.41, 5.74) is 0.506. The summed E-state index contributed by atoms with van der Waals surface area (Å²) in [6.07, 6.45) is 1.06. The number of carbonyl (C=O) groups is 3. The standard InChI is InChI=1S/C19H21NO6S2/c1-4-10(2)15(18(24)25)20-16(21)14(28-19(20)27)9-12-7-5-6-8-13(12)26-11(3)17(22)23/h5-11,15H,4H2,1-3H3,(H,22,23)(H,24,25)/b14-9-. The molecule has 1 aliphatic heterocycles. The van der Waals surface area contributed by atoms with Gasteiger partial charge in [-0.1, -0.05) is 62.4 Å². The molecule has 28 heavy (non-hydrogen) atoms. The Morgan fingerprint density at radius 1 is 1.25 bits per heavy atom. The summed E-state index contributed by atoms with van der Waals surface area (Å²) >= 11 is 6.28. The molecule has 1 aliphatic rings. The number of hydrogen-bond donors (Lipinski definition) is 2. The summed E-state index contributed by atoms with van der Waals surface area (Å²) < 4.78 is 5.62. The lowest BCUT2D eigenvalue weighted by molar-refractivity contribution is -0.147. The van der Waals surface area contributed by atoms with E-state index < -0.39 is 30.0 Å². The maximum Gasteiger partial charge on any atom is 0.344 e. The van der Waals surface area contributed by atoms with Gasteiger partial charge in [0.05, 0.1) is 4.91 Å². The molecule has 1 saturated heterocycles. The second-order valence-corrected chi connectivity index (χ2v) is 8.03. The zero-order valence-corrected chi connectivity index (χ0v) is 17.3. The third-order valence-corrected chi connectivity index (χ3v) is 5.73. The number of ether oxygens (including phenoxy) is 1. The molecule has 2 rings (SSSR count). The van der Waals surface area contributed by atoms with Crippen molar-refractivity contribution in [2.75, 3.05) is 0 Å². The van der Waals surface area contributed by atoms with E-state index in [1.54, 1.807) is 37.3 Å². The van der Waals surface area contributed by atoms with E-state index in [1.165, 1.54) is 6.92 Å². The second kappa shape index (κ2) is 9.20. The van der Waals surface area contributed by atoms with Crippen LogP contribution in [0.3, 0.4) is 0 Å². The molecule has 1 aromatic rings. The minimum atomic E-state index is -1.11. The molecular formula is C19H21NO6S2. The van der Waals surface area contributed by atoms with E-state index in [2.05, 4.69) is 0 Å². The van der Waals surface area contributed by atoms with Gasteiger partial charge in [-0.25, -0.2) is 9.59 Å². The molecule has 7 nitrogen and oxygen atoms in total. The second-order valence-electron chi connectivity index (χ2n) is 6.36. The highest BCUT2D eigenvalue weighted by atomic mass is 32.2. The fraction of sp³-hybridized carbons (Fsp3) is 0.368. The van der Waals surface area contributed by atoms with Crippen molar-refractivity contribution in [2.24, 2.45) is 5.92 Å². The zero-order chi connectivity index (χ0) is 21.0. The molecule has 3 unspecified atom stereocenters. The molecule has 0 spiro atoms. The molecule has 0 bridgehead atoms. The van der Waals surface area contributed by atoms with Crippen molar-refractivity contribution in [3.8, 4) is 5.75 Å². The number of carboxylic acid groups (broad SMARTS) is 2. The Kier molecular flexibility index (Phi) is 7.20. The van der Waals surface area contributed by atoms with Crippen LogP contribution in [0.25, 0.3) is 6.08 Å². The predicted molar refractivity (Wildman–Crippen MR) is 110 cm³/mol. The lowest BCUT2D eigenvalue weighted by atomic mass is 9.98. The van der Waals surface area contributed by atoms with Crippen molar-refractivity contribution < 1.29 is 29.3 Å². The highest BCUT2D eigenvalue weighted by molar-refractivity contribution is 8.26. The van der Waals surface area contributed by atoms with Crippen LogP contribution < -0.4 is 4.74 Å². The van der Waals surface area contributed by atoms with Crippen LogP contribution >= 0.6 is 24.0 Å². The number of para-hydroxylation sites is 1. The first-order chi connectivity index (χ1) is 13.2. The maximum atomic E-state index is 12.9. The fourth-order valence-electron chi connectivity index (χ4n) is 2.64. The molecular weight excluding hydrogens is 402 g/mol. The molecule has 9 heteroatoms. The summed E-state index contributed by atoms with van der Waals surface area (Å²) in [5, 5.41) is 18.6. The van der Waals surface area contributed by atoms with Crippen LogP contribution in [-0.2, 0) is 14.4 Å². The Morgan fingerprint density at radius 2 is 1.89 bits per heavy atom. The summed E-state index contributed by atoms with van der Waals surface area (Å²) in [6, 6.07) is 5.66. The van der Waals surface area contributed by atoms with E-state index in [4.69, 9.17) is 22.1 Å². The zero-order valence-electron chi connectivity index (χ0n) is 15.6. The monoisotopic (exact) mass is 423 g/mol. The number of rotatable bonds is 8. The predicted octanol–water partition coefficient (Wildman–Crippen LogP) is 3.24. The molecule has 1 fully saturated rings. The van der Waals surface area contributed by atoms with Gasteiger partial charge in [-0.05, 0) is 25.0 Å². The Bertz CT molecular complexity index is 837. The Hall–Kier alpha value is -2.39. The van der Waals surface area contributed by atoms with Crippen LogP contribution in [-0.4, -0.2) is 49.4 Å². The number of amides is 1. The first-order valence-corrected chi connectivity index (χ1v) is 9.88. The number of thiocarbonyl (C=S) groups is 1. The number of hydrogen-bond acceptors (Lipinski definition) is 6. The van der Waals surface area contributed by atoms with Crippen LogP contribution in [0.15, 0.2) is 29.2 Å². The average Bonchev–Trinajstić information content (AvgIpc) is 2.90. The van der Waals surface area contributed by atoms with Gasteiger partial charge in [-0.3, -0.25) is 9.69 Å². The number of thioether (sulfide) groups is 1. The first-order valence-electron chi connectivity index (χ1n) is 8.65. The van der Waals surface area contributed by atoms with Gasteiger partial charge in [0, 0.05) is 5.56 Å². The third-order valence-electron chi connectivity index (χ3n) is 4.39. The van der Waals surface area contributed by atoms with E-state index >= 15 is 0 Å². The average molecular weight is 424 g/mol. The van der Waals surface area contributed by atoms with Crippen LogP contribution in [0.4, 0.5) is 0 Å². The van der Waals surface area contributed by atoms with Crippen molar-refractivity contribution in [3.63, 3.8) is 0 Å². The minimum absolute atomic E-state index is 0.182. The van der Waals surface area contributed by atoms with Crippen molar-refractivity contribution in [1.82, 2.24) is 4.90 Å². The van der Waals surface area contributed by atoms with Crippen LogP contribution in [0, 0.1) is 5.92 Å². The van der Waals surface area contributed by atoms with Crippen LogP contribution in [0.1, 0.15) is 32.8 Å². The normalized spacial score (nSPS) is 18.8. The molecule has 3 atom stereocenters. The number of nitrogens with zero attached hydrogens (tertiary/aromatic N) is 1. The molecule has 1 aromatic carbocycles. The molecule has 0 aromatic heterocycles. The summed E-state index contributed by atoms with van der Waals surface area (Å²) in [5.74, 6) is -2.67. The molecule has 1 heterocycles. The highest BCUT2D eigenvalue weighted by Gasteiger charge is 2.42. The van der Waals surface area contributed by atoms with Gasteiger partial charge in [-0.15, -0.1) is 0 Å². The molecule has 150 valence electrons. The SMILES string of the molecule is CCC(C)C(C(=O)O)N1C(=O)/C(=C/c2ccccc2OC(C)C(=O)O)SC1=S. The van der Waals surface area contributed by atoms with Gasteiger partial charge in [0.15, 0.2) is 6.10 Å². The molecule has 0 radical (unpaired) electrons. The lowest BCUT2D eigenvalue weighted by Gasteiger charge is -2.27. The van der Waals surface area contributed by atoms with Gasteiger partial charge >= 0.3 is 11.9 Å². The Labute approximate surface area is 172 Å². The summed E-state index contributed by atoms with van der Waals surface area (Å²) in [4.78, 5) is 37.1. The van der Waals surface area contributed by atoms with E-state index in [0.717, 1.165) is 16.7 Å². The fourth-order valence-corrected chi connectivity index (χ4v) is 3.96. The lowest BCUT2D eigenvalue weighted by Crippen LogP contribution is -2.47. The van der Waals surface area contributed by atoms with E-state index in [1.807, 2.05) is 6.92 Å². The van der Waals surface area contributed by atoms with E-state index in [0.29, 0.717) is 17.7 Å². The van der Waals surface area contributed by atoms with E-state index in [9.17, 15) is 19.5 Å². The topological polar surface area (TPSA) is 104 Å². The van der Waals surface area contributed by atoms with Crippen LogP contribution in [0.5, 0.6) is 5.75 Å². The summed E-state index contributed by atoms with van der Waals surface area (Å²) in [7, 11) is 0. The molecule has 0 aliphatic carbocycles. The maximum absolute atomic E-state index is 12.9. The van der Waals surface area contributed by atoms with Crippen molar-refractivity contribution >= 4 is 52.2 Å². The van der Waals surface area contributed by atoms with E-state index in [-0.39, 0.29) is 15.1 Å². The van der Waals surface area contributed by atoms with Gasteiger partial charge in [0.25, 0.3) is 5.91 Å². The first kappa shape index (κ1) is 21.9. The van der Waals surface area contributed by atoms with Gasteiger partial charge in [0.1, 0.15) is 16.1 Å². The molecule has 0 saturated carbocycles. The van der Waals surface area contributed by atoms with Gasteiger partial charge in [0.2, 0.25) is 0 Å². The van der Waals surface area contributed by atoms with Crippen molar-refractivity contribution in [2.45, 2.75) is 39.3 Å². The van der Waals surface area contributed by atoms with Crippen LogP contribution in [0.2, 0.25) is 0 Å². The van der Waals surface area contributed by atoms with Gasteiger partial charge in [-0.2, -0.15) is 0 Å². The Morgan fingerprint density at radius 3 is 2.46 bits per heavy atom. The minimum Gasteiger partial charge on any atom is -0.480 e. The molecule has 2 N–H and O–H groups in total. The number of aliphatic carboxylic acids is 2. The Balaban J connectivity index is 2.36. The third kappa shape index (κ3) is 4.71. The summed E-state index contributed by atoms with van der Waals surface area (Å²) in [6.45, 7) is 5.02. The van der Waals surface area contributed by atoms with Crippen molar-refractivity contribution in [1.29, 1.82) is 0 Å². The van der Waals surface area contributed by atoms with Crippen molar-refractivity contribution in [3.05, 3.63) is 34.7 Å². The smallest absolute Gasteiger partial charge is 0.344 e. The number of benzene rings is 1. The number of carbonyl (C=O) groups excluding carboxylic acids is 1. The largest absolute Gasteiger partial charge is 0.480 e. The quantitative estimate of drug-likeness (QED) is 0.485. The molecule has 1 amide bonds. The van der Waals surface area contributed by atoms with Gasteiger partial charge < -0.3 is 14.9 Å². The highest BCUT2D eigenvalue weighted by Crippen LogP contribution is 2.37.